The minimum Gasteiger partial charge on any atom is -0.358 e. The monoisotopic (exact) mass is 346 g/mol. The van der Waals surface area contributed by atoms with Crippen molar-refractivity contribution in [3.8, 4) is 5.95 Å². The van der Waals surface area contributed by atoms with Gasteiger partial charge in [0.2, 0.25) is 5.95 Å². The van der Waals surface area contributed by atoms with Gasteiger partial charge in [-0.25, -0.2) is 26.9 Å². The van der Waals surface area contributed by atoms with Crippen molar-refractivity contribution >= 4 is 11.2 Å². The standard InChI is InChI=1S/C10H6N5O.C2H6.CH3.Y/c16-10-14-8-7(3-1-4-11-8)15(10)9-12-5-2-6-13-9;1-2;;/h2-6H,(H,11,14,16);1-2H3;1H3;/q-1;;-1;. The maximum absolute atomic E-state index is 11.7. The summed E-state index contributed by atoms with van der Waals surface area (Å²) in [6, 6.07) is 6.16. The number of H-pyrrole nitrogens is 1. The average molecular weight is 346 g/mol. The minimum atomic E-state index is -0.312. The van der Waals surface area contributed by atoms with Gasteiger partial charge in [0.25, 0.3) is 0 Å². The van der Waals surface area contributed by atoms with E-state index in [9.17, 15) is 4.79 Å². The number of nitrogens with one attached hydrogen (secondary N) is 1. The maximum atomic E-state index is 11.7. The van der Waals surface area contributed by atoms with Crippen LogP contribution in [0.2, 0.25) is 0 Å². The van der Waals surface area contributed by atoms with Crippen LogP contribution in [-0.2, 0) is 32.7 Å². The minimum absolute atomic E-state index is 0. The van der Waals surface area contributed by atoms with Crippen LogP contribution in [0.3, 0.4) is 0 Å². The van der Waals surface area contributed by atoms with E-state index in [0.717, 1.165) is 0 Å². The number of rotatable bonds is 1. The smallest absolute Gasteiger partial charge is 0.316 e. The van der Waals surface area contributed by atoms with Crippen LogP contribution in [0.4, 0.5) is 0 Å². The van der Waals surface area contributed by atoms with Gasteiger partial charge in [0.15, 0.2) is 0 Å². The Morgan fingerprint density at radius 3 is 2.50 bits per heavy atom. The first-order chi connectivity index (χ1) is 8.86. The van der Waals surface area contributed by atoms with Crippen molar-refractivity contribution in [3.05, 3.63) is 54.7 Å². The van der Waals surface area contributed by atoms with Gasteiger partial charge in [0.05, 0.1) is 5.65 Å². The largest absolute Gasteiger partial charge is 0.358 e. The van der Waals surface area contributed by atoms with Crippen molar-refractivity contribution in [2.75, 3.05) is 0 Å². The molecular formula is C13H15N5OY-2. The maximum Gasteiger partial charge on any atom is 0.316 e. The first kappa shape index (κ1) is 18.6. The van der Waals surface area contributed by atoms with Gasteiger partial charge in [-0.3, -0.25) is 4.98 Å². The van der Waals surface area contributed by atoms with Gasteiger partial charge < -0.3 is 17.0 Å². The normalized spacial score (nSPS) is 8.90. The summed E-state index contributed by atoms with van der Waals surface area (Å²) >= 11 is 0. The number of imidazole rings is 1. The van der Waals surface area contributed by atoms with E-state index in [-0.39, 0.29) is 45.8 Å². The van der Waals surface area contributed by atoms with Crippen LogP contribution < -0.4 is 5.69 Å². The molecule has 3 aromatic heterocycles. The molecule has 20 heavy (non-hydrogen) atoms. The Kier molecular flexibility index (Phi) is 8.10. The van der Waals surface area contributed by atoms with Crippen molar-refractivity contribution < 1.29 is 32.7 Å². The molecule has 7 heteroatoms. The molecule has 0 unspecified atom stereocenters. The van der Waals surface area contributed by atoms with E-state index in [1.165, 1.54) is 10.8 Å². The summed E-state index contributed by atoms with van der Waals surface area (Å²) in [4.78, 5) is 26.4. The van der Waals surface area contributed by atoms with Crippen LogP contribution in [0, 0.1) is 13.5 Å². The molecule has 3 aromatic rings. The van der Waals surface area contributed by atoms with Crippen LogP contribution in [0.25, 0.3) is 17.1 Å². The molecule has 3 heterocycles. The van der Waals surface area contributed by atoms with Gasteiger partial charge in [-0.15, -0.1) is 0 Å². The Labute approximate surface area is 142 Å². The summed E-state index contributed by atoms with van der Waals surface area (Å²) < 4.78 is 1.36. The Morgan fingerprint density at radius 1 is 1.20 bits per heavy atom. The topological polar surface area (TPSA) is 76.5 Å². The van der Waals surface area contributed by atoms with Gasteiger partial charge in [-0.1, -0.05) is 25.6 Å². The van der Waals surface area contributed by atoms with Crippen LogP contribution in [-0.4, -0.2) is 24.5 Å². The molecule has 1 N–H and O–H groups in total. The van der Waals surface area contributed by atoms with Crippen molar-refractivity contribution in [1.29, 1.82) is 0 Å². The molecule has 6 nitrogen and oxygen atoms in total. The molecule has 0 bridgehead atoms. The number of aromatic nitrogens is 5. The number of aromatic amines is 1. The Hall–Kier alpha value is -1.40. The van der Waals surface area contributed by atoms with E-state index in [0.29, 0.717) is 17.1 Å². The number of fused-ring (bicyclic) bond motifs is 1. The van der Waals surface area contributed by atoms with Crippen LogP contribution >= 0.6 is 0 Å². The zero-order chi connectivity index (χ0) is 13.0. The molecule has 0 aliphatic heterocycles. The Balaban J connectivity index is 0.000000866. The molecule has 3 rings (SSSR count). The number of pyridine rings is 1. The van der Waals surface area contributed by atoms with E-state index in [1.807, 2.05) is 13.8 Å². The fraction of sp³-hybridized carbons (Fsp3) is 0.154. The zero-order valence-electron chi connectivity index (χ0n) is 11.7. The van der Waals surface area contributed by atoms with Crippen molar-refractivity contribution in [1.82, 2.24) is 24.5 Å². The van der Waals surface area contributed by atoms with E-state index >= 15 is 0 Å². The molecule has 0 aromatic carbocycles. The predicted molar refractivity (Wildman–Crippen MR) is 73.9 cm³/mol. The molecule has 0 amide bonds. The van der Waals surface area contributed by atoms with Crippen molar-refractivity contribution in [3.63, 3.8) is 0 Å². The van der Waals surface area contributed by atoms with E-state index in [4.69, 9.17) is 0 Å². The zero-order valence-corrected chi connectivity index (χ0v) is 14.5. The molecule has 103 valence electrons. The fourth-order valence-corrected chi connectivity index (χ4v) is 1.49. The third-order valence-corrected chi connectivity index (χ3v) is 2.15. The average Bonchev–Trinajstić information content (AvgIpc) is 2.78. The molecular weight excluding hydrogens is 331 g/mol. The van der Waals surface area contributed by atoms with E-state index in [1.54, 1.807) is 24.5 Å². The second-order valence-electron chi connectivity index (χ2n) is 3.12. The van der Waals surface area contributed by atoms with E-state index < -0.39 is 0 Å². The first-order valence-corrected chi connectivity index (χ1v) is 5.60. The van der Waals surface area contributed by atoms with Gasteiger partial charge in [-0.05, 0) is 6.07 Å². The van der Waals surface area contributed by atoms with Gasteiger partial charge in [0.1, 0.15) is 0 Å². The molecule has 0 aliphatic carbocycles. The third kappa shape index (κ3) is 3.58. The van der Waals surface area contributed by atoms with Crippen LogP contribution in [0.5, 0.6) is 0 Å². The molecule has 0 saturated carbocycles. The molecule has 0 aliphatic rings. The quantitative estimate of drug-likeness (QED) is 0.682. The molecule has 0 atom stereocenters. The SMILES string of the molecule is CC.O=c1[nH]c2nc[c-]cc2n1-c1ncccn1.[CH3-].[Y]. The van der Waals surface area contributed by atoms with Crippen molar-refractivity contribution in [2.45, 2.75) is 13.8 Å². The predicted octanol–water partition coefficient (Wildman–Crippen LogP) is 1.78. The number of nitrogens with zero attached hydrogens (tertiary/aromatic N) is 4. The summed E-state index contributed by atoms with van der Waals surface area (Å²) in [5.74, 6) is 0.320. The van der Waals surface area contributed by atoms with Gasteiger partial charge in [-0.2, -0.15) is 0 Å². The molecule has 0 saturated heterocycles. The third-order valence-electron chi connectivity index (χ3n) is 2.15. The van der Waals surface area contributed by atoms with E-state index in [2.05, 4.69) is 26.0 Å². The first-order valence-electron chi connectivity index (χ1n) is 5.60. The number of hydrogen-bond acceptors (Lipinski definition) is 4. The summed E-state index contributed by atoms with van der Waals surface area (Å²) in [5.41, 5.74) is 0.795. The molecule has 0 spiro atoms. The summed E-state index contributed by atoms with van der Waals surface area (Å²) in [7, 11) is 0. The summed E-state index contributed by atoms with van der Waals surface area (Å²) in [5, 5.41) is 0. The molecule has 0 fully saturated rings. The number of hydrogen-bond donors (Lipinski definition) is 1. The molecule has 1 radical (unpaired) electrons. The van der Waals surface area contributed by atoms with Crippen LogP contribution in [0.15, 0.2) is 35.5 Å². The van der Waals surface area contributed by atoms with Gasteiger partial charge in [0, 0.05) is 45.1 Å². The van der Waals surface area contributed by atoms with Crippen LogP contribution in [0.1, 0.15) is 13.8 Å². The van der Waals surface area contributed by atoms with Crippen molar-refractivity contribution in [2.24, 2.45) is 0 Å². The fourth-order valence-electron chi connectivity index (χ4n) is 1.49. The van der Waals surface area contributed by atoms with Gasteiger partial charge >= 0.3 is 5.69 Å². The summed E-state index contributed by atoms with van der Waals surface area (Å²) in [6.07, 6.45) is 4.65. The Bertz CT molecular complexity index is 693. The summed E-state index contributed by atoms with van der Waals surface area (Å²) in [6.45, 7) is 4.00. The Morgan fingerprint density at radius 2 is 1.85 bits per heavy atom. The second-order valence-corrected chi connectivity index (χ2v) is 3.12. The second kappa shape index (κ2) is 8.71.